The van der Waals surface area contributed by atoms with Gasteiger partial charge in [0.05, 0.1) is 5.69 Å². The van der Waals surface area contributed by atoms with E-state index in [4.69, 9.17) is 10.2 Å². The number of benzene rings is 1. The summed E-state index contributed by atoms with van der Waals surface area (Å²) in [5, 5.41) is 0. The molecule has 2 aromatic rings. The van der Waals surface area contributed by atoms with E-state index in [9.17, 15) is 4.79 Å². The van der Waals surface area contributed by atoms with E-state index in [2.05, 4.69) is 4.98 Å². The van der Waals surface area contributed by atoms with E-state index in [1.807, 2.05) is 0 Å². The topological polar surface area (TPSA) is 69.1 Å². The van der Waals surface area contributed by atoms with E-state index >= 15 is 0 Å². The van der Waals surface area contributed by atoms with Crippen LogP contribution in [0, 0.1) is 0 Å². The highest BCUT2D eigenvalue weighted by Gasteiger charge is 2.10. The number of fused-ring (bicyclic) bond motifs is 1. The highest BCUT2D eigenvalue weighted by Crippen LogP contribution is 2.21. The largest absolute Gasteiger partial charge is 0.431 e. The third-order valence-corrected chi connectivity index (χ3v) is 1.75. The number of rotatable bonds is 1. The fourth-order valence-corrected chi connectivity index (χ4v) is 1.12. The number of hydrogen-bond donors (Lipinski definition) is 1. The predicted molar refractivity (Wildman–Crippen MR) is 48.4 cm³/mol. The number of carbonyl (C=O) groups excluding carboxylic acids is 1. The van der Waals surface area contributed by atoms with Gasteiger partial charge in [-0.3, -0.25) is 4.79 Å². The van der Waals surface area contributed by atoms with Gasteiger partial charge in [-0.15, -0.1) is 0 Å². The lowest BCUT2D eigenvalue weighted by atomic mass is 10.3. The third-order valence-electron chi connectivity index (χ3n) is 1.75. The summed E-state index contributed by atoms with van der Waals surface area (Å²) in [6.45, 7) is 1.40. The van der Waals surface area contributed by atoms with Crippen LogP contribution in [0.2, 0.25) is 0 Å². The number of Topliss-reactive ketones (excluding diaryl/α,β-unsaturated/α-hetero) is 1. The molecule has 0 spiro atoms. The number of carbonyl (C=O) groups is 1. The molecule has 1 heterocycles. The number of para-hydroxylation sites is 1. The normalized spacial score (nSPS) is 10.5. The van der Waals surface area contributed by atoms with Gasteiger partial charge in [-0.25, -0.2) is 4.98 Å². The lowest BCUT2D eigenvalue weighted by molar-refractivity contribution is 0.0983. The van der Waals surface area contributed by atoms with Crippen molar-refractivity contribution in [2.45, 2.75) is 6.92 Å². The average Bonchev–Trinajstić information content (AvgIpc) is 2.49. The summed E-state index contributed by atoms with van der Waals surface area (Å²) in [6, 6.07) is 5.23. The molecule has 66 valence electrons. The van der Waals surface area contributed by atoms with Crippen molar-refractivity contribution < 1.29 is 9.21 Å². The smallest absolute Gasteiger partial charge is 0.264 e. The van der Waals surface area contributed by atoms with Gasteiger partial charge in [0.15, 0.2) is 5.58 Å². The highest BCUT2D eigenvalue weighted by molar-refractivity contribution is 5.94. The molecule has 0 saturated carbocycles. The maximum atomic E-state index is 10.9. The minimum Gasteiger partial charge on any atom is -0.431 e. The molecule has 0 amide bonds. The van der Waals surface area contributed by atoms with Gasteiger partial charge in [0.2, 0.25) is 5.78 Å². The van der Waals surface area contributed by atoms with Crippen LogP contribution < -0.4 is 5.73 Å². The quantitative estimate of drug-likeness (QED) is 0.529. The van der Waals surface area contributed by atoms with Crippen LogP contribution in [-0.2, 0) is 0 Å². The molecule has 1 aromatic heterocycles. The second-order valence-electron chi connectivity index (χ2n) is 2.77. The number of nitrogens with two attached hydrogens (primary N) is 1. The van der Waals surface area contributed by atoms with Crippen LogP contribution in [0.15, 0.2) is 22.6 Å². The molecule has 0 aliphatic carbocycles. The molecule has 4 nitrogen and oxygen atoms in total. The first-order valence-electron chi connectivity index (χ1n) is 3.84. The Morgan fingerprint density at radius 3 is 2.92 bits per heavy atom. The van der Waals surface area contributed by atoms with Gasteiger partial charge in [-0.1, -0.05) is 6.07 Å². The van der Waals surface area contributed by atoms with E-state index < -0.39 is 0 Å². The maximum Gasteiger partial charge on any atom is 0.264 e. The number of nitrogens with zero attached hydrogens (tertiary/aromatic N) is 1. The number of oxazole rings is 1. The fraction of sp³-hybridized carbons (Fsp3) is 0.111. The summed E-state index contributed by atoms with van der Waals surface area (Å²) >= 11 is 0. The first-order valence-corrected chi connectivity index (χ1v) is 3.84. The molecule has 2 rings (SSSR count). The van der Waals surface area contributed by atoms with E-state index in [0.717, 1.165) is 0 Å². The lowest BCUT2D eigenvalue weighted by Gasteiger charge is -1.89. The van der Waals surface area contributed by atoms with Crippen LogP contribution in [0.25, 0.3) is 11.1 Å². The van der Waals surface area contributed by atoms with Crippen molar-refractivity contribution in [3.8, 4) is 0 Å². The zero-order valence-corrected chi connectivity index (χ0v) is 7.07. The van der Waals surface area contributed by atoms with Crippen LogP contribution in [0.1, 0.15) is 17.6 Å². The Kier molecular flexibility index (Phi) is 1.55. The molecule has 0 aliphatic rings. The SMILES string of the molecule is CC(=O)c1nc2cccc(N)c2o1. The number of ketones is 1. The Balaban J connectivity index is 2.75. The van der Waals surface area contributed by atoms with Crippen molar-refractivity contribution in [1.29, 1.82) is 0 Å². The number of hydrogen-bond acceptors (Lipinski definition) is 4. The zero-order chi connectivity index (χ0) is 9.42. The van der Waals surface area contributed by atoms with Crippen molar-refractivity contribution in [2.24, 2.45) is 0 Å². The Bertz CT molecular complexity index is 473. The van der Waals surface area contributed by atoms with Crippen LogP contribution in [0.3, 0.4) is 0 Å². The molecule has 13 heavy (non-hydrogen) atoms. The molecule has 4 heteroatoms. The van der Waals surface area contributed by atoms with Crippen LogP contribution >= 0.6 is 0 Å². The minimum absolute atomic E-state index is 0.105. The molecule has 0 bridgehead atoms. The molecule has 0 unspecified atom stereocenters. The molecule has 0 atom stereocenters. The Morgan fingerprint density at radius 2 is 2.31 bits per heavy atom. The number of anilines is 1. The monoisotopic (exact) mass is 176 g/mol. The summed E-state index contributed by atoms with van der Waals surface area (Å²) in [5.74, 6) is -0.0940. The Morgan fingerprint density at radius 1 is 1.54 bits per heavy atom. The summed E-state index contributed by atoms with van der Waals surface area (Å²) in [5.41, 5.74) is 7.22. The summed E-state index contributed by atoms with van der Waals surface area (Å²) in [6.07, 6.45) is 0. The van der Waals surface area contributed by atoms with Crippen molar-refractivity contribution in [2.75, 3.05) is 5.73 Å². The van der Waals surface area contributed by atoms with Gasteiger partial charge in [0, 0.05) is 6.92 Å². The molecule has 1 aromatic carbocycles. The highest BCUT2D eigenvalue weighted by atomic mass is 16.4. The summed E-state index contributed by atoms with van der Waals surface area (Å²) < 4.78 is 5.17. The van der Waals surface area contributed by atoms with Gasteiger partial charge >= 0.3 is 0 Å². The van der Waals surface area contributed by atoms with Crippen molar-refractivity contribution in [3.63, 3.8) is 0 Å². The second kappa shape index (κ2) is 2.58. The fourth-order valence-electron chi connectivity index (χ4n) is 1.12. The van der Waals surface area contributed by atoms with Gasteiger partial charge in [-0.05, 0) is 12.1 Å². The molecule has 0 fully saturated rings. The van der Waals surface area contributed by atoms with E-state index in [-0.39, 0.29) is 11.7 Å². The number of aromatic nitrogens is 1. The van der Waals surface area contributed by atoms with Crippen LogP contribution in [0.4, 0.5) is 5.69 Å². The first-order chi connectivity index (χ1) is 6.18. The molecule has 0 saturated heterocycles. The lowest BCUT2D eigenvalue weighted by Crippen LogP contribution is -1.89. The summed E-state index contributed by atoms with van der Waals surface area (Å²) in [7, 11) is 0. The van der Waals surface area contributed by atoms with Gasteiger partial charge in [0.25, 0.3) is 5.89 Å². The van der Waals surface area contributed by atoms with Gasteiger partial charge in [-0.2, -0.15) is 0 Å². The van der Waals surface area contributed by atoms with E-state index in [0.29, 0.717) is 16.8 Å². The van der Waals surface area contributed by atoms with E-state index in [1.54, 1.807) is 18.2 Å². The van der Waals surface area contributed by atoms with Gasteiger partial charge < -0.3 is 10.2 Å². The minimum atomic E-state index is -0.199. The maximum absolute atomic E-state index is 10.9. The zero-order valence-electron chi connectivity index (χ0n) is 7.07. The second-order valence-corrected chi connectivity index (χ2v) is 2.77. The third kappa shape index (κ3) is 1.16. The van der Waals surface area contributed by atoms with Crippen LogP contribution in [0.5, 0.6) is 0 Å². The standard InChI is InChI=1S/C9H8N2O2/c1-5(12)9-11-7-4-2-3-6(10)8(7)13-9/h2-4H,10H2,1H3. The van der Waals surface area contributed by atoms with Crippen molar-refractivity contribution >= 4 is 22.6 Å². The molecule has 2 N–H and O–H groups in total. The van der Waals surface area contributed by atoms with Gasteiger partial charge in [0.1, 0.15) is 5.52 Å². The molecular weight excluding hydrogens is 168 g/mol. The molecule has 0 aliphatic heterocycles. The number of nitrogen functional groups attached to an aromatic ring is 1. The predicted octanol–water partition coefficient (Wildman–Crippen LogP) is 1.61. The average molecular weight is 176 g/mol. The molecular formula is C9H8N2O2. The van der Waals surface area contributed by atoms with Crippen LogP contribution in [-0.4, -0.2) is 10.8 Å². The first kappa shape index (κ1) is 7.79. The summed E-state index contributed by atoms with van der Waals surface area (Å²) in [4.78, 5) is 14.9. The Hall–Kier alpha value is -1.84. The molecule has 0 radical (unpaired) electrons. The van der Waals surface area contributed by atoms with E-state index in [1.165, 1.54) is 6.92 Å². The van der Waals surface area contributed by atoms with Crippen molar-refractivity contribution in [1.82, 2.24) is 4.98 Å². The van der Waals surface area contributed by atoms with Crippen molar-refractivity contribution in [3.05, 3.63) is 24.1 Å². The Labute approximate surface area is 74.4 Å².